The fourth-order valence-electron chi connectivity index (χ4n) is 2.87. The second-order valence-corrected chi connectivity index (χ2v) is 11.1. The Kier molecular flexibility index (Phi) is 5.52. The summed E-state index contributed by atoms with van der Waals surface area (Å²) in [5.41, 5.74) is -3.18. The first kappa shape index (κ1) is 22.7. The van der Waals surface area contributed by atoms with Crippen LogP contribution in [0, 0.1) is 15.9 Å². The van der Waals surface area contributed by atoms with Crippen molar-refractivity contribution in [3.8, 4) is 0 Å². The second kappa shape index (κ2) is 7.05. The summed E-state index contributed by atoms with van der Waals surface area (Å²) < 4.78 is 44.0. The van der Waals surface area contributed by atoms with E-state index in [-0.39, 0.29) is 11.4 Å². The van der Waals surface area contributed by atoms with Crippen molar-refractivity contribution in [2.75, 3.05) is 5.75 Å². The van der Waals surface area contributed by atoms with Crippen molar-refractivity contribution < 1.29 is 27.3 Å². The fourth-order valence-corrected chi connectivity index (χ4v) is 4.58. The van der Waals surface area contributed by atoms with E-state index in [1.807, 2.05) is 0 Å². The van der Waals surface area contributed by atoms with Crippen molar-refractivity contribution in [1.82, 2.24) is 5.32 Å². The van der Waals surface area contributed by atoms with E-state index in [1.165, 1.54) is 20.8 Å². The smallest absolute Gasteiger partial charge is 0.413 e. The van der Waals surface area contributed by atoms with Crippen molar-refractivity contribution in [3.05, 3.63) is 39.7 Å². The highest BCUT2D eigenvalue weighted by atomic mass is 32.2. The number of rotatable bonds is 2. The maximum absolute atomic E-state index is 14.5. The molecule has 160 valence electrons. The van der Waals surface area contributed by atoms with Crippen LogP contribution in [-0.4, -0.2) is 41.4 Å². The van der Waals surface area contributed by atoms with Gasteiger partial charge in [0.15, 0.2) is 9.84 Å². The van der Waals surface area contributed by atoms with Gasteiger partial charge in [0, 0.05) is 17.7 Å². The average molecular weight is 429 g/mol. The van der Waals surface area contributed by atoms with Gasteiger partial charge in [0.05, 0.1) is 10.7 Å². The number of alkyl carbamates (subject to hydrolysis) is 1. The van der Waals surface area contributed by atoms with Crippen LogP contribution < -0.4 is 5.32 Å². The number of halogens is 1. The molecular formula is C18H24FN3O6S. The molecule has 0 spiro atoms. The first-order valence-corrected chi connectivity index (χ1v) is 10.4. The van der Waals surface area contributed by atoms with Gasteiger partial charge in [-0.1, -0.05) is 0 Å². The zero-order valence-corrected chi connectivity index (χ0v) is 17.9. The SMILES string of the molecule is CC(C)(C)OC(=O)NC1=N[C@](C)(c2cc([N+](=O)[O-])ccc2F)CS(=O)(=O)C1(C)C. The van der Waals surface area contributed by atoms with Gasteiger partial charge in [-0.3, -0.25) is 20.4 Å². The highest BCUT2D eigenvalue weighted by Gasteiger charge is 2.51. The first-order chi connectivity index (χ1) is 13.0. The Balaban J connectivity index is 2.62. The predicted octanol–water partition coefficient (Wildman–Crippen LogP) is 3.08. The van der Waals surface area contributed by atoms with Crippen LogP contribution in [0.2, 0.25) is 0 Å². The molecule has 0 fully saturated rings. The van der Waals surface area contributed by atoms with E-state index in [2.05, 4.69) is 10.3 Å². The van der Waals surface area contributed by atoms with Crippen LogP contribution >= 0.6 is 0 Å². The lowest BCUT2D eigenvalue weighted by molar-refractivity contribution is -0.385. The molecule has 0 radical (unpaired) electrons. The molecule has 1 aliphatic heterocycles. The number of nitrogens with zero attached hydrogens (tertiary/aromatic N) is 2. The molecule has 1 aromatic carbocycles. The topological polar surface area (TPSA) is 128 Å². The second-order valence-electron chi connectivity index (χ2n) is 8.55. The maximum Gasteiger partial charge on any atom is 0.413 e. The number of nitro groups is 1. The van der Waals surface area contributed by atoms with E-state index in [0.29, 0.717) is 0 Å². The molecule has 1 N–H and O–H groups in total. The van der Waals surface area contributed by atoms with Crippen LogP contribution in [0.1, 0.15) is 47.1 Å². The first-order valence-electron chi connectivity index (χ1n) is 8.76. The summed E-state index contributed by atoms with van der Waals surface area (Å²) in [6.45, 7) is 8.99. The number of amidine groups is 1. The third-order valence-electron chi connectivity index (χ3n) is 4.54. The molecule has 0 bridgehead atoms. The summed E-state index contributed by atoms with van der Waals surface area (Å²) in [5, 5.41) is 13.4. The highest BCUT2D eigenvalue weighted by molar-refractivity contribution is 7.93. The van der Waals surface area contributed by atoms with Gasteiger partial charge in [-0.15, -0.1) is 0 Å². The number of nitro benzene ring substituents is 1. The van der Waals surface area contributed by atoms with Gasteiger partial charge < -0.3 is 4.74 Å². The molecule has 1 aliphatic rings. The summed E-state index contributed by atoms with van der Waals surface area (Å²) in [6.07, 6.45) is -0.914. The molecule has 0 saturated carbocycles. The van der Waals surface area contributed by atoms with E-state index >= 15 is 0 Å². The molecule has 0 saturated heterocycles. The van der Waals surface area contributed by atoms with Gasteiger partial charge in [-0.25, -0.2) is 17.6 Å². The van der Waals surface area contributed by atoms with Crippen molar-refractivity contribution in [3.63, 3.8) is 0 Å². The van der Waals surface area contributed by atoms with Gasteiger partial charge in [-0.2, -0.15) is 0 Å². The Morgan fingerprint density at radius 1 is 1.31 bits per heavy atom. The minimum atomic E-state index is -3.94. The normalized spacial score (nSPS) is 23.1. The van der Waals surface area contributed by atoms with Gasteiger partial charge >= 0.3 is 6.09 Å². The predicted molar refractivity (Wildman–Crippen MR) is 105 cm³/mol. The molecule has 0 aliphatic carbocycles. The zero-order chi connectivity index (χ0) is 22.4. The zero-order valence-electron chi connectivity index (χ0n) is 17.1. The lowest BCUT2D eigenvalue weighted by Crippen LogP contribution is -2.58. The number of aliphatic imine (C=N–C) groups is 1. The van der Waals surface area contributed by atoms with Crippen molar-refractivity contribution in [2.24, 2.45) is 4.99 Å². The third-order valence-corrected chi connectivity index (χ3v) is 7.23. The fraction of sp³-hybridized carbons (Fsp3) is 0.556. The Hall–Kier alpha value is -2.56. The Morgan fingerprint density at radius 2 is 1.90 bits per heavy atom. The quantitative estimate of drug-likeness (QED) is 0.568. The third kappa shape index (κ3) is 4.55. The van der Waals surface area contributed by atoms with Crippen LogP contribution in [0.4, 0.5) is 14.9 Å². The number of nitrogens with one attached hydrogen (secondary N) is 1. The number of non-ortho nitro benzene ring substituents is 1. The van der Waals surface area contributed by atoms with Crippen LogP contribution in [0.15, 0.2) is 23.2 Å². The molecule has 0 aromatic heterocycles. The molecule has 1 amide bonds. The number of hydrogen-bond acceptors (Lipinski definition) is 7. The van der Waals surface area contributed by atoms with Gasteiger partial charge in [0.2, 0.25) is 0 Å². The highest BCUT2D eigenvalue weighted by Crippen LogP contribution is 2.39. The summed E-state index contributed by atoms with van der Waals surface area (Å²) in [5.74, 6) is -1.66. The van der Waals surface area contributed by atoms with Gasteiger partial charge in [0.25, 0.3) is 5.69 Å². The standard InChI is InChI=1S/C18H24FN3O6S/c1-16(2,3)28-15(23)20-14-17(4,5)29(26,27)10-18(6,21-14)12-9-11(22(24)25)7-8-13(12)19/h7-9H,10H2,1-6H3,(H,20,21,23)/t18-/m0/s1. The summed E-state index contributed by atoms with van der Waals surface area (Å²) >= 11 is 0. The molecular weight excluding hydrogens is 405 g/mol. The summed E-state index contributed by atoms with van der Waals surface area (Å²) in [6, 6.07) is 2.83. The summed E-state index contributed by atoms with van der Waals surface area (Å²) in [4.78, 5) is 26.9. The van der Waals surface area contributed by atoms with E-state index in [4.69, 9.17) is 4.74 Å². The lowest BCUT2D eigenvalue weighted by Gasteiger charge is -2.39. The number of hydrogen-bond donors (Lipinski definition) is 1. The number of amides is 1. The van der Waals surface area contributed by atoms with E-state index in [0.717, 1.165) is 18.2 Å². The number of carbonyl (C=O) groups is 1. The van der Waals surface area contributed by atoms with Gasteiger partial charge in [0.1, 0.15) is 27.5 Å². The Morgan fingerprint density at radius 3 is 2.41 bits per heavy atom. The van der Waals surface area contributed by atoms with E-state index in [1.54, 1.807) is 20.8 Å². The minimum absolute atomic E-state index is 0.230. The monoisotopic (exact) mass is 429 g/mol. The van der Waals surface area contributed by atoms with Crippen LogP contribution in [0.3, 0.4) is 0 Å². The molecule has 1 heterocycles. The molecule has 11 heteroatoms. The van der Waals surface area contributed by atoms with Crippen LogP contribution in [0.5, 0.6) is 0 Å². The number of benzene rings is 1. The largest absolute Gasteiger partial charge is 0.444 e. The van der Waals surface area contributed by atoms with Gasteiger partial charge in [-0.05, 0) is 47.6 Å². The average Bonchev–Trinajstić information content (AvgIpc) is 2.50. The molecule has 2 rings (SSSR count). The lowest BCUT2D eigenvalue weighted by atomic mass is 9.92. The van der Waals surface area contributed by atoms with Crippen molar-refractivity contribution in [2.45, 2.75) is 57.4 Å². The van der Waals surface area contributed by atoms with E-state index in [9.17, 15) is 27.7 Å². The summed E-state index contributed by atoms with van der Waals surface area (Å²) in [7, 11) is -3.94. The molecule has 1 aromatic rings. The molecule has 1 atom stereocenters. The van der Waals surface area contributed by atoms with Crippen molar-refractivity contribution in [1.29, 1.82) is 0 Å². The van der Waals surface area contributed by atoms with Crippen molar-refractivity contribution >= 4 is 27.5 Å². The Bertz CT molecular complexity index is 997. The number of ether oxygens (including phenoxy) is 1. The van der Waals surface area contributed by atoms with Crippen LogP contribution in [-0.2, 0) is 20.1 Å². The minimum Gasteiger partial charge on any atom is -0.444 e. The number of sulfone groups is 1. The van der Waals surface area contributed by atoms with Crippen LogP contribution in [0.25, 0.3) is 0 Å². The Labute approximate surface area is 168 Å². The maximum atomic E-state index is 14.5. The van der Waals surface area contributed by atoms with E-state index < -0.39 is 54.0 Å². The molecule has 0 unspecified atom stereocenters. The molecule has 9 nitrogen and oxygen atoms in total. The number of carbonyl (C=O) groups excluding carboxylic acids is 1. The molecule has 29 heavy (non-hydrogen) atoms.